The number of nitrogens with one attached hydrogen (secondary N) is 3. The number of aliphatic hydroxyl groups is 1. The Hall–Kier alpha value is -5.81. The summed E-state index contributed by atoms with van der Waals surface area (Å²) in [4.78, 5) is 38.0. The Balaban J connectivity index is 0.959. The number of H-pyrrole nitrogens is 1. The van der Waals surface area contributed by atoms with Crippen LogP contribution < -0.4 is 14.9 Å². The van der Waals surface area contributed by atoms with Crippen LogP contribution in [0.4, 0.5) is 17.1 Å². The van der Waals surface area contributed by atoms with E-state index in [1.54, 1.807) is 23.1 Å². The molecule has 0 bridgehead atoms. The first-order valence-electron chi connectivity index (χ1n) is 22.8. The molecule has 2 fully saturated rings. The molecule has 1 saturated carbocycles. The molecule has 15 nitrogen and oxygen atoms in total. The van der Waals surface area contributed by atoms with Gasteiger partial charge < -0.3 is 20.3 Å². The second-order valence-electron chi connectivity index (χ2n) is 19.0. The number of nitro groups is 1. The van der Waals surface area contributed by atoms with Gasteiger partial charge in [-0.25, -0.2) is 22.8 Å². The summed E-state index contributed by atoms with van der Waals surface area (Å²) in [6.07, 6.45) is 10.1. The number of aromatic amines is 1. The number of anilines is 2. The Labute approximate surface area is 389 Å². The maximum absolute atomic E-state index is 14.2. The molecule has 0 radical (unpaired) electrons. The highest BCUT2D eigenvalue weighted by atomic mass is 35.5. The van der Waals surface area contributed by atoms with E-state index in [-0.39, 0.29) is 22.6 Å². The van der Waals surface area contributed by atoms with Crippen LogP contribution >= 0.6 is 11.6 Å². The van der Waals surface area contributed by atoms with Gasteiger partial charge in [-0.2, -0.15) is 5.10 Å². The summed E-state index contributed by atoms with van der Waals surface area (Å²) in [5.74, 6) is -0.719. The zero-order chi connectivity index (χ0) is 46.4. The summed E-state index contributed by atoms with van der Waals surface area (Å²) in [7, 11) is -4.59. The van der Waals surface area contributed by atoms with Gasteiger partial charge in [-0.3, -0.25) is 19.8 Å². The van der Waals surface area contributed by atoms with Crippen LogP contribution in [-0.4, -0.2) is 93.9 Å². The molecule has 346 valence electrons. The van der Waals surface area contributed by atoms with Crippen molar-refractivity contribution in [2.75, 3.05) is 49.5 Å². The zero-order valence-electron chi connectivity index (χ0n) is 37.5. The Morgan fingerprint density at radius 3 is 2.48 bits per heavy atom. The lowest BCUT2D eigenvalue weighted by molar-refractivity contribution is -0.384. The smallest absolute Gasteiger partial charge is 0.293 e. The molecule has 3 aliphatic rings. The van der Waals surface area contributed by atoms with E-state index in [9.17, 15) is 28.4 Å². The van der Waals surface area contributed by atoms with Crippen LogP contribution in [0, 0.1) is 21.4 Å². The van der Waals surface area contributed by atoms with Gasteiger partial charge >= 0.3 is 0 Å². The summed E-state index contributed by atoms with van der Waals surface area (Å²) in [6, 6.07) is 20.9. The number of piperazine rings is 1. The summed E-state index contributed by atoms with van der Waals surface area (Å²) in [5.41, 5.74) is 6.52. The summed E-state index contributed by atoms with van der Waals surface area (Å²) in [6.45, 7) is 11.1. The number of sulfonamides is 1. The topological polar surface area (TPSA) is 192 Å². The van der Waals surface area contributed by atoms with Crippen LogP contribution in [0.2, 0.25) is 5.02 Å². The van der Waals surface area contributed by atoms with Crippen LogP contribution in [-0.2, 0) is 10.0 Å². The van der Waals surface area contributed by atoms with E-state index in [0.717, 1.165) is 87.0 Å². The van der Waals surface area contributed by atoms with Gasteiger partial charge in [-0.15, -0.1) is 0 Å². The van der Waals surface area contributed by atoms with Gasteiger partial charge in [0.1, 0.15) is 16.9 Å². The fourth-order valence-corrected chi connectivity index (χ4v) is 11.0. The van der Waals surface area contributed by atoms with E-state index in [1.807, 2.05) is 43.3 Å². The molecule has 4 heterocycles. The normalized spacial score (nSPS) is 20.5. The molecule has 1 amide bonds. The van der Waals surface area contributed by atoms with Crippen molar-refractivity contribution in [2.24, 2.45) is 11.3 Å². The number of carbonyl (C=O) groups excluding carboxylic acids is 1. The van der Waals surface area contributed by atoms with Crippen LogP contribution in [0.3, 0.4) is 0 Å². The SMILES string of the molecule is CCC1(O)CCC(CNc2ccc(S(=O)(=O)NC(=O)c3ccc(N4CCN(CC5=C(c6ccc(Cl)cc6)CC(C)(C)CC5)CC4)cc3-n3ncc4nc5[nH]ccc5cc43)cc2[N+](=O)[O-])CC1. The molecule has 0 spiro atoms. The third kappa shape index (κ3) is 9.55. The highest BCUT2D eigenvalue weighted by Gasteiger charge is 2.33. The number of allylic oxidation sites excluding steroid dienone is 1. The number of fused-ring (bicyclic) bond motifs is 2. The molecule has 1 aliphatic heterocycles. The third-order valence-corrected chi connectivity index (χ3v) is 15.6. The van der Waals surface area contributed by atoms with Crippen molar-refractivity contribution in [1.29, 1.82) is 0 Å². The second kappa shape index (κ2) is 18.1. The Kier molecular flexibility index (Phi) is 12.4. The minimum absolute atomic E-state index is 0.0391. The Morgan fingerprint density at radius 2 is 1.76 bits per heavy atom. The average Bonchev–Trinajstić information content (AvgIpc) is 3.95. The van der Waals surface area contributed by atoms with Crippen LogP contribution in [0.5, 0.6) is 0 Å². The molecule has 1 saturated heterocycles. The van der Waals surface area contributed by atoms with E-state index in [0.29, 0.717) is 48.2 Å². The van der Waals surface area contributed by atoms with Gasteiger partial charge in [-0.05, 0) is 128 Å². The molecular weight excluding hydrogens is 878 g/mol. The van der Waals surface area contributed by atoms with Crippen molar-refractivity contribution in [3.05, 3.63) is 117 Å². The standard InChI is InChI=1S/C49H56ClN9O6S/c1-4-49(61)18-13-32(14-19-49)29-52-41-12-10-38(27-45(41)59(62)63)66(64,65)55-47(60)39-11-9-37(26-43(39)58-44-25-34-16-20-51-46(34)54-42(44)30-53-58)57-23-21-56(22-24-57)31-35-15-17-48(2,3)28-40(35)33-5-7-36(50)8-6-33/h5-12,16,20,25-27,30,32,52,61H,4,13-15,17-19,21-24,28-29,31H2,1-3H3,(H,51,54)(H,55,60). The molecule has 3 aromatic carbocycles. The number of hydrogen-bond donors (Lipinski definition) is 4. The van der Waals surface area contributed by atoms with Gasteiger partial charge in [0.25, 0.3) is 21.6 Å². The van der Waals surface area contributed by atoms with Crippen molar-refractivity contribution >= 4 is 72.2 Å². The maximum atomic E-state index is 14.2. The predicted octanol–water partition coefficient (Wildman–Crippen LogP) is 9.11. The number of pyridine rings is 1. The number of carbonyl (C=O) groups is 1. The second-order valence-corrected chi connectivity index (χ2v) is 21.2. The molecular formula is C49H56ClN9O6S. The first-order chi connectivity index (χ1) is 31.6. The predicted molar refractivity (Wildman–Crippen MR) is 259 cm³/mol. The van der Waals surface area contributed by atoms with Crippen molar-refractivity contribution in [2.45, 2.75) is 82.6 Å². The highest BCUT2D eigenvalue weighted by Crippen LogP contribution is 2.44. The minimum Gasteiger partial charge on any atom is -0.390 e. The maximum Gasteiger partial charge on any atom is 0.293 e. The van der Waals surface area contributed by atoms with Crippen LogP contribution in [0.1, 0.15) is 88.1 Å². The van der Waals surface area contributed by atoms with Gasteiger partial charge in [0.15, 0.2) is 0 Å². The third-order valence-electron chi connectivity index (χ3n) is 14.0. The molecule has 9 rings (SSSR count). The van der Waals surface area contributed by atoms with E-state index in [1.165, 1.54) is 28.8 Å². The van der Waals surface area contributed by atoms with Crippen molar-refractivity contribution < 1.29 is 23.2 Å². The lowest BCUT2D eigenvalue weighted by Crippen LogP contribution is -2.47. The summed E-state index contributed by atoms with van der Waals surface area (Å²) in [5, 5.41) is 32.2. The minimum atomic E-state index is -4.59. The molecule has 66 heavy (non-hydrogen) atoms. The van der Waals surface area contributed by atoms with Gasteiger partial charge in [0, 0.05) is 67.6 Å². The zero-order valence-corrected chi connectivity index (χ0v) is 39.1. The molecule has 0 atom stereocenters. The van der Waals surface area contributed by atoms with Crippen molar-refractivity contribution in [3.8, 4) is 5.69 Å². The van der Waals surface area contributed by atoms with Gasteiger partial charge in [-0.1, -0.05) is 50.1 Å². The number of rotatable bonds is 13. The van der Waals surface area contributed by atoms with Crippen LogP contribution in [0.25, 0.3) is 33.3 Å². The molecule has 6 aromatic rings. The monoisotopic (exact) mass is 933 g/mol. The lowest BCUT2D eigenvalue weighted by atomic mass is 9.72. The fourth-order valence-electron chi connectivity index (χ4n) is 9.84. The quantitative estimate of drug-likeness (QED) is 0.0638. The van der Waals surface area contributed by atoms with E-state index in [4.69, 9.17) is 16.6 Å². The molecule has 0 unspecified atom stereocenters. The highest BCUT2D eigenvalue weighted by molar-refractivity contribution is 7.90. The fraction of sp³-hybridized carbons (Fsp3) is 0.408. The van der Waals surface area contributed by atoms with Crippen LogP contribution in [0.15, 0.2) is 95.7 Å². The molecule has 17 heteroatoms. The molecule has 4 N–H and O–H groups in total. The number of nitro benzene ring substituents is 1. The number of nitrogens with zero attached hydrogens (tertiary/aromatic N) is 6. The number of aromatic nitrogens is 4. The van der Waals surface area contributed by atoms with Gasteiger partial charge in [0.2, 0.25) is 0 Å². The van der Waals surface area contributed by atoms with Crippen molar-refractivity contribution in [1.82, 2.24) is 29.4 Å². The van der Waals surface area contributed by atoms with E-state index in [2.05, 4.69) is 55.9 Å². The lowest BCUT2D eigenvalue weighted by Gasteiger charge is -2.39. The number of benzene rings is 3. The first-order valence-corrected chi connectivity index (χ1v) is 24.7. The Morgan fingerprint density at radius 1 is 1.00 bits per heavy atom. The first kappa shape index (κ1) is 45.4. The number of hydrogen-bond acceptors (Lipinski definition) is 11. The summed E-state index contributed by atoms with van der Waals surface area (Å²) < 4.78 is 31.6. The molecule has 3 aromatic heterocycles. The largest absolute Gasteiger partial charge is 0.390 e. The van der Waals surface area contributed by atoms with E-state index >= 15 is 0 Å². The summed E-state index contributed by atoms with van der Waals surface area (Å²) >= 11 is 6.26. The Bertz CT molecular complexity index is 2950. The average molecular weight is 935 g/mol. The van der Waals surface area contributed by atoms with Gasteiger partial charge in [0.05, 0.1) is 38.4 Å². The number of halogens is 1. The molecule has 2 aliphatic carbocycles. The van der Waals surface area contributed by atoms with E-state index < -0.39 is 37.0 Å². The number of amides is 1. The van der Waals surface area contributed by atoms with Crippen molar-refractivity contribution in [3.63, 3.8) is 0 Å².